The molecular formula is C14H23N3O3S. The molecule has 1 aromatic carbocycles. The molecule has 0 radical (unpaired) electrons. The number of carbonyl (C=O) groups excluding carboxylic acids is 1. The normalized spacial score (nSPS) is 13.2. The first-order chi connectivity index (χ1) is 9.77. The molecule has 0 aliphatic heterocycles. The van der Waals surface area contributed by atoms with Gasteiger partial charge in [-0.25, -0.2) is 13.1 Å². The lowest BCUT2D eigenvalue weighted by Crippen LogP contribution is -2.38. The summed E-state index contributed by atoms with van der Waals surface area (Å²) in [5.74, 6) is -0.212. The van der Waals surface area contributed by atoms with Crippen LogP contribution in [0.3, 0.4) is 0 Å². The Hall–Kier alpha value is -1.44. The van der Waals surface area contributed by atoms with Gasteiger partial charge in [0.05, 0.1) is 4.90 Å². The topological polar surface area (TPSA) is 78.5 Å². The van der Waals surface area contributed by atoms with E-state index in [0.29, 0.717) is 18.7 Å². The monoisotopic (exact) mass is 313 g/mol. The molecule has 0 bridgehead atoms. The first-order valence-corrected chi connectivity index (χ1v) is 8.30. The number of nitrogens with zero attached hydrogens (tertiary/aromatic N) is 1. The molecule has 1 rings (SSSR count). The molecule has 118 valence electrons. The van der Waals surface area contributed by atoms with Crippen molar-refractivity contribution in [3.63, 3.8) is 0 Å². The summed E-state index contributed by atoms with van der Waals surface area (Å²) in [5.41, 5.74) is 0.441. The Kier molecular flexibility index (Phi) is 6.32. The van der Waals surface area contributed by atoms with E-state index in [0.717, 1.165) is 0 Å². The van der Waals surface area contributed by atoms with Gasteiger partial charge < -0.3 is 10.2 Å². The number of hydrogen-bond donors (Lipinski definition) is 2. The second-order valence-electron chi connectivity index (χ2n) is 5.05. The minimum absolute atomic E-state index is 0.155. The van der Waals surface area contributed by atoms with Crippen LogP contribution in [0.1, 0.15) is 24.2 Å². The second-order valence-corrected chi connectivity index (χ2v) is 6.82. The number of sulfonamides is 1. The van der Waals surface area contributed by atoms with E-state index in [-0.39, 0.29) is 16.8 Å². The lowest BCUT2D eigenvalue weighted by Gasteiger charge is -2.19. The van der Waals surface area contributed by atoms with Crippen molar-refractivity contribution in [2.24, 2.45) is 0 Å². The van der Waals surface area contributed by atoms with Gasteiger partial charge in [-0.15, -0.1) is 0 Å². The molecule has 0 fully saturated rings. The summed E-state index contributed by atoms with van der Waals surface area (Å²) in [7, 11) is 0.405. The first-order valence-electron chi connectivity index (χ1n) is 6.82. The van der Waals surface area contributed by atoms with Gasteiger partial charge in [-0.1, -0.05) is 6.92 Å². The van der Waals surface area contributed by atoms with Gasteiger partial charge in [0, 0.05) is 24.7 Å². The van der Waals surface area contributed by atoms with Gasteiger partial charge in [-0.2, -0.15) is 0 Å². The smallest absolute Gasteiger partial charge is 0.251 e. The van der Waals surface area contributed by atoms with Crippen LogP contribution in [0.4, 0.5) is 0 Å². The predicted octanol–water partition coefficient (Wildman–Crippen LogP) is 0.665. The largest absolute Gasteiger partial charge is 0.350 e. The van der Waals surface area contributed by atoms with Crippen LogP contribution in [0.25, 0.3) is 0 Å². The summed E-state index contributed by atoms with van der Waals surface area (Å²) >= 11 is 0. The average molecular weight is 313 g/mol. The molecule has 1 amide bonds. The van der Waals surface area contributed by atoms with E-state index in [4.69, 9.17) is 0 Å². The van der Waals surface area contributed by atoms with Crippen LogP contribution < -0.4 is 10.0 Å². The first kappa shape index (κ1) is 17.6. The number of hydrogen-bond acceptors (Lipinski definition) is 4. The Morgan fingerprint density at radius 3 is 2.29 bits per heavy atom. The predicted molar refractivity (Wildman–Crippen MR) is 82.8 cm³/mol. The molecule has 6 nitrogen and oxygen atoms in total. The molecular weight excluding hydrogens is 290 g/mol. The van der Waals surface area contributed by atoms with Crippen LogP contribution in [-0.2, 0) is 10.0 Å². The van der Waals surface area contributed by atoms with E-state index in [2.05, 4.69) is 10.0 Å². The Morgan fingerprint density at radius 2 is 1.81 bits per heavy atom. The van der Waals surface area contributed by atoms with Crippen molar-refractivity contribution >= 4 is 15.9 Å². The van der Waals surface area contributed by atoms with Crippen molar-refractivity contribution in [3.8, 4) is 0 Å². The second kappa shape index (κ2) is 7.53. The van der Waals surface area contributed by atoms with Gasteiger partial charge in [0.25, 0.3) is 5.91 Å². The maximum Gasteiger partial charge on any atom is 0.251 e. The van der Waals surface area contributed by atoms with Crippen LogP contribution in [0.15, 0.2) is 29.2 Å². The number of rotatable bonds is 7. The van der Waals surface area contributed by atoms with E-state index in [9.17, 15) is 13.2 Å². The average Bonchev–Trinajstić information content (AvgIpc) is 2.44. The molecule has 0 aromatic heterocycles. The van der Waals surface area contributed by atoms with E-state index in [1.807, 2.05) is 25.9 Å². The lowest BCUT2D eigenvalue weighted by molar-refractivity contribution is 0.0943. The Bertz CT molecular complexity index is 568. The summed E-state index contributed by atoms with van der Waals surface area (Å²) in [5, 5.41) is 2.82. The maximum absolute atomic E-state index is 12.0. The fourth-order valence-electron chi connectivity index (χ4n) is 1.58. The van der Waals surface area contributed by atoms with Gasteiger partial charge in [0.2, 0.25) is 10.0 Å². The van der Waals surface area contributed by atoms with Gasteiger partial charge in [-0.05, 0) is 45.3 Å². The molecule has 0 aliphatic rings. The number of nitrogens with one attached hydrogen (secondary N) is 2. The molecule has 1 aromatic rings. The summed E-state index contributed by atoms with van der Waals surface area (Å²) < 4.78 is 26.0. The van der Waals surface area contributed by atoms with Gasteiger partial charge in [0.15, 0.2) is 0 Å². The maximum atomic E-state index is 12.0. The standard InChI is InChI=1S/C14H23N3O3S/c1-5-16-21(19,20)13-8-6-12(7-9-13)14(18)15-10-11(2)17(3)4/h6-9,11,16H,5,10H2,1-4H3,(H,15,18)/t11-/m0/s1. The van der Waals surface area contributed by atoms with Crippen LogP contribution in [0.5, 0.6) is 0 Å². The van der Waals surface area contributed by atoms with E-state index < -0.39 is 10.0 Å². The van der Waals surface area contributed by atoms with Crippen molar-refractivity contribution in [3.05, 3.63) is 29.8 Å². The molecule has 2 N–H and O–H groups in total. The highest BCUT2D eigenvalue weighted by Crippen LogP contribution is 2.10. The third kappa shape index (κ3) is 5.11. The molecule has 0 saturated carbocycles. The van der Waals surface area contributed by atoms with Gasteiger partial charge in [-0.3, -0.25) is 4.79 Å². The molecule has 0 saturated heterocycles. The highest BCUT2D eigenvalue weighted by Gasteiger charge is 2.14. The van der Waals surface area contributed by atoms with Crippen molar-refractivity contribution in [1.82, 2.24) is 14.9 Å². The van der Waals surface area contributed by atoms with Crippen LogP contribution in [0, 0.1) is 0 Å². The van der Waals surface area contributed by atoms with Crippen LogP contribution in [0.2, 0.25) is 0 Å². The van der Waals surface area contributed by atoms with Crippen molar-refractivity contribution in [2.75, 3.05) is 27.2 Å². The summed E-state index contributed by atoms with van der Waals surface area (Å²) in [4.78, 5) is 14.1. The highest BCUT2D eigenvalue weighted by atomic mass is 32.2. The molecule has 1 atom stereocenters. The third-order valence-electron chi connectivity index (χ3n) is 3.20. The van der Waals surface area contributed by atoms with Crippen molar-refractivity contribution < 1.29 is 13.2 Å². The fourth-order valence-corrected chi connectivity index (χ4v) is 2.62. The minimum Gasteiger partial charge on any atom is -0.350 e. The van der Waals surface area contributed by atoms with Gasteiger partial charge in [0.1, 0.15) is 0 Å². The van der Waals surface area contributed by atoms with Crippen molar-refractivity contribution in [2.45, 2.75) is 24.8 Å². The van der Waals surface area contributed by atoms with Crippen molar-refractivity contribution in [1.29, 1.82) is 0 Å². The molecule has 0 aliphatic carbocycles. The summed E-state index contributed by atoms with van der Waals surface area (Å²) in [6.07, 6.45) is 0. The molecule has 0 heterocycles. The van der Waals surface area contributed by atoms with Crippen LogP contribution in [-0.4, -0.2) is 52.5 Å². The Morgan fingerprint density at radius 1 is 1.24 bits per heavy atom. The fraction of sp³-hybridized carbons (Fsp3) is 0.500. The summed E-state index contributed by atoms with van der Waals surface area (Å²) in [6, 6.07) is 6.12. The Balaban J connectivity index is 2.72. The highest BCUT2D eigenvalue weighted by molar-refractivity contribution is 7.89. The summed E-state index contributed by atoms with van der Waals surface area (Å²) in [6.45, 7) is 4.58. The number of amides is 1. The molecule has 0 unspecified atom stereocenters. The number of carbonyl (C=O) groups is 1. The Labute approximate surface area is 126 Å². The van der Waals surface area contributed by atoms with E-state index in [1.54, 1.807) is 6.92 Å². The number of likely N-dealkylation sites (N-methyl/N-ethyl adjacent to an activating group) is 1. The van der Waals surface area contributed by atoms with E-state index in [1.165, 1.54) is 24.3 Å². The lowest BCUT2D eigenvalue weighted by atomic mass is 10.2. The van der Waals surface area contributed by atoms with Crippen LogP contribution >= 0.6 is 0 Å². The molecule has 7 heteroatoms. The molecule has 21 heavy (non-hydrogen) atoms. The zero-order valence-electron chi connectivity index (χ0n) is 12.9. The zero-order chi connectivity index (χ0) is 16.0. The van der Waals surface area contributed by atoms with E-state index >= 15 is 0 Å². The SMILES string of the molecule is CCNS(=O)(=O)c1ccc(C(=O)NC[C@H](C)N(C)C)cc1. The van der Waals surface area contributed by atoms with Gasteiger partial charge >= 0.3 is 0 Å². The zero-order valence-corrected chi connectivity index (χ0v) is 13.7. The number of benzene rings is 1. The quantitative estimate of drug-likeness (QED) is 0.775. The molecule has 0 spiro atoms. The minimum atomic E-state index is -3.48. The third-order valence-corrected chi connectivity index (χ3v) is 4.76.